The minimum atomic E-state index is 0.717. The number of allylic oxidation sites excluding steroid dienone is 1. The molecule has 1 aliphatic carbocycles. The molecule has 0 aliphatic heterocycles. The van der Waals surface area contributed by atoms with Crippen LogP contribution in [0.25, 0.3) is 0 Å². The second kappa shape index (κ2) is 6.20. The standard InChI is InChI=1S/C12H23N/c1-3-12(13-4-2)10-11-8-6-5-7-9-11/h8,12-13H,3-7,9-10H2,1-2H3. The van der Waals surface area contributed by atoms with E-state index in [1.807, 2.05) is 0 Å². The average Bonchev–Trinajstić information content (AvgIpc) is 2.19. The van der Waals surface area contributed by atoms with Crippen molar-refractivity contribution < 1.29 is 0 Å². The van der Waals surface area contributed by atoms with Gasteiger partial charge in [-0.3, -0.25) is 0 Å². The van der Waals surface area contributed by atoms with E-state index in [9.17, 15) is 0 Å². The minimum Gasteiger partial charge on any atom is -0.314 e. The maximum absolute atomic E-state index is 3.54. The predicted molar refractivity (Wildman–Crippen MR) is 58.9 cm³/mol. The third-order valence-corrected chi connectivity index (χ3v) is 2.88. The van der Waals surface area contributed by atoms with Crippen molar-refractivity contribution in [3.63, 3.8) is 0 Å². The Bertz CT molecular complexity index is 161. The molecular weight excluding hydrogens is 158 g/mol. The topological polar surface area (TPSA) is 12.0 Å². The van der Waals surface area contributed by atoms with Crippen molar-refractivity contribution >= 4 is 0 Å². The number of hydrogen-bond donors (Lipinski definition) is 1. The molecule has 0 heterocycles. The summed E-state index contributed by atoms with van der Waals surface area (Å²) in [6.45, 7) is 5.57. The fraction of sp³-hybridized carbons (Fsp3) is 0.833. The van der Waals surface area contributed by atoms with E-state index in [-0.39, 0.29) is 0 Å². The van der Waals surface area contributed by atoms with Crippen LogP contribution in [0.5, 0.6) is 0 Å². The summed E-state index contributed by atoms with van der Waals surface area (Å²) >= 11 is 0. The molecule has 0 aromatic rings. The van der Waals surface area contributed by atoms with Crippen LogP contribution in [0.4, 0.5) is 0 Å². The summed E-state index contributed by atoms with van der Waals surface area (Å²) in [5, 5.41) is 3.54. The highest BCUT2D eigenvalue weighted by Crippen LogP contribution is 2.21. The second-order valence-corrected chi connectivity index (χ2v) is 3.98. The summed E-state index contributed by atoms with van der Waals surface area (Å²) in [5.74, 6) is 0. The van der Waals surface area contributed by atoms with Gasteiger partial charge in [-0.05, 0) is 45.1 Å². The summed E-state index contributed by atoms with van der Waals surface area (Å²) in [7, 11) is 0. The molecular formula is C12H23N. The van der Waals surface area contributed by atoms with Gasteiger partial charge in [-0.1, -0.05) is 25.5 Å². The van der Waals surface area contributed by atoms with E-state index in [1.165, 1.54) is 38.5 Å². The van der Waals surface area contributed by atoms with Gasteiger partial charge in [0.25, 0.3) is 0 Å². The Balaban J connectivity index is 2.31. The Morgan fingerprint density at radius 2 is 2.23 bits per heavy atom. The van der Waals surface area contributed by atoms with Crippen LogP contribution in [0.2, 0.25) is 0 Å². The fourth-order valence-electron chi connectivity index (χ4n) is 2.06. The summed E-state index contributed by atoms with van der Waals surface area (Å²) < 4.78 is 0. The van der Waals surface area contributed by atoms with Crippen molar-refractivity contribution in [2.45, 2.75) is 58.4 Å². The molecule has 0 saturated carbocycles. The predicted octanol–water partition coefficient (Wildman–Crippen LogP) is 3.27. The van der Waals surface area contributed by atoms with Crippen LogP contribution in [-0.4, -0.2) is 12.6 Å². The molecule has 1 N–H and O–H groups in total. The minimum absolute atomic E-state index is 0.717. The van der Waals surface area contributed by atoms with Crippen molar-refractivity contribution in [1.82, 2.24) is 5.32 Å². The van der Waals surface area contributed by atoms with Crippen LogP contribution < -0.4 is 5.32 Å². The summed E-state index contributed by atoms with van der Waals surface area (Å²) in [6, 6.07) is 0.717. The zero-order chi connectivity index (χ0) is 9.52. The zero-order valence-corrected chi connectivity index (χ0v) is 9.10. The first-order valence-corrected chi connectivity index (χ1v) is 5.78. The lowest BCUT2D eigenvalue weighted by Crippen LogP contribution is -2.28. The van der Waals surface area contributed by atoms with Gasteiger partial charge in [0.2, 0.25) is 0 Å². The van der Waals surface area contributed by atoms with Crippen molar-refractivity contribution in [1.29, 1.82) is 0 Å². The molecule has 0 aromatic heterocycles. The van der Waals surface area contributed by atoms with Crippen LogP contribution in [0.15, 0.2) is 11.6 Å². The molecule has 0 aromatic carbocycles. The first-order chi connectivity index (χ1) is 6.36. The number of rotatable bonds is 5. The molecule has 0 amide bonds. The fourth-order valence-corrected chi connectivity index (χ4v) is 2.06. The lowest BCUT2D eigenvalue weighted by molar-refractivity contribution is 0.494. The third-order valence-electron chi connectivity index (χ3n) is 2.88. The van der Waals surface area contributed by atoms with Gasteiger partial charge < -0.3 is 5.32 Å². The Hall–Kier alpha value is -0.300. The summed E-state index contributed by atoms with van der Waals surface area (Å²) in [6.07, 6.45) is 10.5. The molecule has 1 unspecified atom stereocenters. The molecule has 1 nitrogen and oxygen atoms in total. The number of nitrogens with one attached hydrogen (secondary N) is 1. The van der Waals surface area contributed by atoms with Gasteiger partial charge in [0.15, 0.2) is 0 Å². The molecule has 0 radical (unpaired) electrons. The van der Waals surface area contributed by atoms with Gasteiger partial charge >= 0.3 is 0 Å². The van der Waals surface area contributed by atoms with Crippen LogP contribution in [0.1, 0.15) is 52.4 Å². The van der Waals surface area contributed by atoms with Crippen LogP contribution in [-0.2, 0) is 0 Å². The van der Waals surface area contributed by atoms with E-state index in [0.29, 0.717) is 6.04 Å². The first kappa shape index (κ1) is 10.8. The molecule has 1 aliphatic rings. The van der Waals surface area contributed by atoms with E-state index in [4.69, 9.17) is 0 Å². The highest BCUT2D eigenvalue weighted by molar-refractivity contribution is 5.06. The van der Waals surface area contributed by atoms with E-state index >= 15 is 0 Å². The largest absolute Gasteiger partial charge is 0.314 e. The maximum Gasteiger partial charge on any atom is 0.0101 e. The molecule has 76 valence electrons. The lowest BCUT2D eigenvalue weighted by atomic mass is 9.93. The Morgan fingerprint density at radius 3 is 2.77 bits per heavy atom. The Kier molecular flexibility index (Phi) is 5.14. The third kappa shape index (κ3) is 3.95. The van der Waals surface area contributed by atoms with Crippen molar-refractivity contribution in [3.05, 3.63) is 11.6 Å². The quantitative estimate of drug-likeness (QED) is 0.642. The van der Waals surface area contributed by atoms with Crippen LogP contribution >= 0.6 is 0 Å². The van der Waals surface area contributed by atoms with Gasteiger partial charge in [-0.15, -0.1) is 0 Å². The van der Waals surface area contributed by atoms with Crippen molar-refractivity contribution in [2.75, 3.05) is 6.54 Å². The van der Waals surface area contributed by atoms with Crippen molar-refractivity contribution in [2.24, 2.45) is 0 Å². The summed E-state index contributed by atoms with van der Waals surface area (Å²) in [5.41, 5.74) is 1.69. The average molecular weight is 181 g/mol. The smallest absolute Gasteiger partial charge is 0.0101 e. The number of hydrogen-bond acceptors (Lipinski definition) is 1. The molecule has 13 heavy (non-hydrogen) atoms. The van der Waals surface area contributed by atoms with Gasteiger partial charge in [-0.2, -0.15) is 0 Å². The molecule has 1 rings (SSSR count). The molecule has 1 heteroatoms. The van der Waals surface area contributed by atoms with Gasteiger partial charge in [0.05, 0.1) is 0 Å². The second-order valence-electron chi connectivity index (χ2n) is 3.98. The Labute approximate surface area is 82.6 Å². The maximum atomic E-state index is 3.54. The molecule has 0 bridgehead atoms. The molecule has 1 atom stereocenters. The SMILES string of the molecule is CCNC(CC)CC1=CCCCC1. The lowest BCUT2D eigenvalue weighted by Gasteiger charge is -2.20. The highest BCUT2D eigenvalue weighted by Gasteiger charge is 2.09. The molecule has 0 spiro atoms. The summed E-state index contributed by atoms with van der Waals surface area (Å²) in [4.78, 5) is 0. The highest BCUT2D eigenvalue weighted by atomic mass is 14.9. The van der Waals surface area contributed by atoms with Crippen molar-refractivity contribution in [3.8, 4) is 0 Å². The molecule has 0 saturated heterocycles. The van der Waals surface area contributed by atoms with E-state index in [1.54, 1.807) is 5.57 Å². The normalized spacial score (nSPS) is 19.7. The molecule has 0 fully saturated rings. The van der Waals surface area contributed by atoms with Gasteiger partial charge in [0.1, 0.15) is 0 Å². The van der Waals surface area contributed by atoms with E-state index < -0.39 is 0 Å². The van der Waals surface area contributed by atoms with E-state index in [0.717, 1.165) is 6.54 Å². The first-order valence-electron chi connectivity index (χ1n) is 5.78. The van der Waals surface area contributed by atoms with Gasteiger partial charge in [0, 0.05) is 6.04 Å². The van der Waals surface area contributed by atoms with Gasteiger partial charge in [-0.25, -0.2) is 0 Å². The van der Waals surface area contributed by atoms with Crippen LogP contribution in [0.3, 0.4) is 0 Å². The Morgan fingerprint density at radius 1 is 1.38 bits per heavy atom. The zero-order valence-electron chi connectivity index (χ0n) is 9.10. The monoisotopic (exact) mass is 181 g/mol. The van der Waals surface area contributed by atoms with E-state index in [2.05, 4.69) is 25.2 Å². The van der Waals surface area contributed by atoms with Crippen LogP contribution in [0, 0.1) is 0 Å².